The first-order valence-corrected chi connectivity index (χ1v) is 6.53. The molecule has 0 amide bonds. The van der Waals surface area contributed by atoms with Crippen LogP contribution in [0.5, 0.6) is 11.5 Å². The van der Waals surface area contributed by atoms with Crippen LogP contribution in [0.15, 0.2) is 24.5 Å². The second kappa shape index (κ2) is 5.72. The number of ether oxygens (including phenoxy) is 2. The summed E-state index contributed by atoms with van der Waals surface area (Å²) in [6.07, 6.45) is 1.25. The Morgan fingerprint density at radius 1 is 1.18 bits per heavy atom. The number of nitrogens with zero attached hydrogens (tertiary/aromatic N) is 3. The van der Waals surface area contributed by atoms with Crippen molar-refractivity contribution in [1.82, 2.24) is 9.97 Å². The molecule has 0 saturated carbocycles. The van der Waals surface area contributed by atoms with E-state index in [2.05, 4.69) is 20.6 Å². The van der Waals surface area contributed by atoms with Crippen molar-refractivity contribution >= 4 is 23.0 Å². The highest BCUT2D eigenvalue weighted by molar-refractivity contribution is 5.74. The van der Waals surface area contributed by atoms with Gasteiger partial charge in [-0.2, -0.15) is 0 Å². The Hall–Kier alpha value is -3.10. The lowest BCUT2D eigenvalue weighted by molar-refractivity contribution is -0.383. The maximum atomic E-state index is 11.2. The topological polar surface area (TPSA) is 111 Å². The Balaban J connectivity index is 1.95. The van der Waals surface area contributed by atoms with E-state index in [0.29, 0.717) is 30.4 Å². The molecule has 0 unspecified atom stereocenters. The molecular formula is C13H13N5O4. The number of anilines is 3. The van der Waals surface area contributed by atoms with Gasteiger partial charge in [0.25, 0.3) is 0 Å². The summed E-state index contributed by atoms with van der Waals surface area (Å²) in [4.78, 5) is 18.5. The summed E-state index contributed by atoms with van der Waals surface area (Å²) >= 11 is 0. The van der Waals surface area contributed by atoms with Gasteiger partial charge in [-0.1, -0.05) is 0 Å². The fourth-order valence-electron chi connectivity index (χ4n) is 2.08. The number of benzene rings is 1. The van der Waals surface area contributed by atoms with E-state index >= 15 is 0 Å². The molecule has 0 bridgehead atoms. The Morgan fingerprint density at radius 2 is 1.91 bits per heavy atom. The van der Waals surface area contributed by atoms with Crippen LogP contribution in [-0.4, -0.2) is 35.2 Å². The number of aromatic nitrogens is 2. The molecule has 1 aliphatic heterocycles. The molecule has 2 N–H and O–H groups in total. The van der Waals surface area contributed by atoms with Crippen molar-refractivity contribution in [2.24, 2.45) is 0 Å². The van der Waals surface area contributed by atoms with Crippen molar-refractivity contribution in [2.45, 2.75) is 0 Å². The van der Waals surface area contributed by atoms with Crippen LogP contribution in [0.2, 0.25) is 0 Å². The second-order valence-electron chi connectivity index (χ2n) is 4.41. The normalized spacial score (nSPS) is 12.6. The van der Waals surface area contributed by atoms with E-state index in [4.69, 9.17) is 9.47 Å². The van der Waals surface area contributed by atoms with Crippen molar-refractivity contribution in [3.8, 4) is 11.5 Å². The average Bonchev–Trinajstić information content (AvgIpc) is 2.54. The van der Waals surface area contributed by atoms with Crippen LogP contribution < -0.4 is 20.1 Å². The zero-order valence-electron chi connectivity index (χ0n) is 11.7. The van der Waals surface area contributed by atoms with Gasteiger partial charge in [0.15, 0.2) is 11.5 Å². The molecule has 0 saturated heterocycles. The number of hydrogen-bond acceptors (Lipinski definition) is 8. The van der Waals surface area contributed by atoms with Crippen molar-refractivity contribution in [3.63, 3.8) is 0 Å². The number of nitro groups is 1. The first-order valence-electron chi connectivity index (χ1n) is 6.53. The third-order valence-electron chi connectivity index (χ3n) is 3.05. The molecule has 9 heteroatoms. The maximum absolute atomic E-state index is 11.2. The van der Waals surface area contributed by atoms with E-state index in [9.17, 15) is 10.1 Å². The van der Waals surface area contributed by atoms with Crippen LogP contribution in [0.3, 0.4) is 0 Å². The van der Waals surface area contributed by atoms with Crippen molar-refractivity contribution in [1.29, 1.82) is 0 Å². The van der Waals surface area contributed by atoms with Gasteiger partial charge < -0.3 is 20.1 Å². The smallest absolute Gasteiger partial charge is 0.353 e. The van der Waals surface area contributed by atoms with Crippen LogP contribution in [-0.2, 0) is 0 Å². The molecule has 0 spiro atoms. The van der Waals surface area contributed by atoms with E-state index in [-0.39, 0.29) is 17.3 Å². The average molecular weight is 303 g/mol. The number of hydrogen-bond donors (Lipinski definition) is 2. The third kappa shape index (κ3) is 2.55. The summed E-state index contributed by atoms with van der Waals surface area (Å²) in [5.41, 5.74) is 0.382. The molecule has 2 heterocycles. The predicted octanol–water partition coefficient (Wildman–Crippen LogP) is 1.94. The van der Waals surface area contributed by atoms with E-state index in [1.165, 1.54) is 6.33 Å². The van der Waals surface area contributed by atoms with Gasteiger partial charge in [-0.3, -0.25) is 10.1 Å². The van der Waals surface area contributed by atoms with E-state index in [1.807, 2.05) is 0 Å². The Labute approximate surface area is 125 Å². The monoisotopic (exact) mass is 303 g/mol. The molecule has 0 aliphatic carbocycles. The first-order chi connectivity index (χ1) is 10.7. The summed E-state index contributed by atoms with van der Waals surface area (Å²) in [7, 11) is 1.56. The third-order valence-corrected chi connectivity index (χ3v) is 3.05. The number of fused-ring (bicyclic) bond motifs is 1. The van der Waals surface area contributed by atoms with Crippen molar-refractivity contribution in [2.75, 3.05) is 30.9 Å². The summed E-state index contributed by atoms with van der Waals surface area (Å²) in [5.74, 6) is 1.47. The van der Waals surface area contributed by atoms with E-state index in [0.717, 1.165) is 0 Å². The molecule has 2 aromatic rings. The van der Waals surface area contributed by atoms with Crippen molar-refractivity contribution in [3.05, 3.63) is 34.6 Å². The number of rotatable bonds is 4. The minimum absolute atomic E-state index is 0.0982. The van der Waals surface area contributed by atoms with Gasteiger partial charge in [0.1, 0.15) is 19.5 Å². The predicted molar refractivity (Wildman–Crippen MR) is 78.9 cm³/mol. The standard InChI is InChI=1S/C13H13N5O4/c1-14-12-11(18(19)20)13(16-7-15-12)17-8-2-3-9-10(6-8)22-5-4-21-9/h2-3,6-7H,4-5H2,1H3,(H2,14,15,16,17). The zero-order chi connectivity index (χ0) is 15.5. The maximum Gasteiger partial charge on any atom is 0.353 e. The van der Waals surface area contributed by atoms with Crippen LogP contribution in [0.25, 0.3) is 0 Å². The van der Waals surface area contributed by atoms with Crippen LogP contribution >= 0.6 is 0 Å². The molecule has 1 aliphatic rings. The number of nitrogens with one attached hydrogen (secondary N) is 2. The SMILES string of the molecule is CNc1ncnc(Nc2ccc3c(c2)OCCO3)c1[N+](=O)[O-]. The molecule has 1 aromatic heterocycles. The van der Waals surface area contributed by atoms with E-state index < -0.39 is 4.92 Å². The largest absolute Gasteiger partial charge is 0.486 e. The van der Waals surface area contributed by atoms with Crippen LogP contribution in [0.1, 0.15) is 0 Å². The highest BCUT2D eigenvalue weighted by Gasteiger charge is 2.22. The molecule has 22 heavy (non-hydrogen) atoms. The summed E-state index contributed by atoms with van der Waals surface area (Å²) in [6, 6.07) is 5.18. The highest BCUT2D eigenvalue weighted by Crippen LogP contribution is 2.35. The first kappa shape index (κ1) is 13.9. The van der Waals surface area contributed by atoms with Gasteiger partial charge in [-0.05, 0) is 12.1 Å². The molecule has 0 fully saturated rings. The summed E-state index contributed by atoms with van der Waals surface area (Å²) in [6.45, 7) is 0.969. The lowest BCUT2D eigenvalue weighted by atomic mass is 10.2. The Bertz CT molecular complexity index is 722. The Morgan fingerprint density at radius 3 is 2.64 bits per heavy atom. The fourth-order valence-corrected chi connectivity index (χ4v) is 2.08. The molecule has 3 rings (SSSR count). The molecule has 0 radical (unpaired) electrons. The zero-order valence-corrected chi connectivity index (χ0v) is 11.7. The molecule has 114 valence electrons. The lowest BCUT2D eigenvalue weighted by Gasteiger charge is -2.19. The summed E-state index contributed by atoms with van der Waals surface area (Å²) in [5, 5.41) is 16.8. The molecule has 0 atom stereocenters. The van der Waals surface area contributed by atoms with E-state index in [1.54, 1.807) is 25.2 Å². The quantitative estimate of drug-likeness (QED) is 0.651. The van der Waals surface area contributed by atoms with Gasteiger partial charge in [-0.15, -0.1) is 0 Å². The van der Waals surface area contributed by atoms with Crippen molar-refractivity contribution < 1.29 is 14.4 Å². The van der Waals surface area contributed by atoms with Gasteiger partial charge in [0, 0.05) is 18.8 Å². The minimum atomic E-state index is -0.536. The lowest BCUT2D eigenvalue weighted by Crippen LogP contribution is -2.15. The van der Waals surface area contributed by atoms with Gasteiger partial charge >= 0.3 is 5.69 Å². The minimum Gasteiger partial charge on any atom is -0.486 e. The fraction of sp³-hybridized carbons (Fsp3) is 0.231. The van der Waals surface area contributed by atoms with Crippen LogP contribution in [0, 0.1) is 10.1 Å². The summed E-state index contributed by atoms with van der Waals surface area (Å²) < 4.78 is 10.9. The van der Waals surface area contributed by atoms with Gasteiger partial charge in [0.2, 0.25) is 11.6 Å². The molecule has 9 nitrogen and oxygen atoms in total. The molecule has 1 aromatic carbocycles. The second-order valence-corrected chi connectivity index (χ2v) is 4.41. The Kier molecular flexibility index (Phi) is 3.60. The van der Waals surface area contributed by atoms with Gasteiger partial charge in [-0.25, -0.2) is 9.97 Å². The van der Waals surface area contributed by atoms with Gasteiger partial charge in [0.05, 0.1) is 4.92 Å². The van der Waals surface area contributed by atoms with Crippen LogP contribution in [0.4, 0.5) is 23.0 Å². The molecular weight excluding hydrogens is 290 g/mol. The highest BCUT2D eigenvalue weighted by atomic mass is 16.6.